The molecule has 3 heterocycles. The third-order valence-electron chi connectivity index (χ3n) is 6.69. The van der Waals surface area contributed by atoms with Crippen molar-refractivity contribution in [2.75, 3.05) is 20.3 Å². The van der Waals surface area contributed by atoms with Gasteiger partial charge in [0.25, 0.3) is 0 Å². The van der Waals surface area contributed by atoms with Crippen LogP contribution in [0.15, 0.2) is 41.7 Å². The lowest BCUT2D eigenvalue weighted by molar-refractivity contribution is -0.149. The summed E-state index contributed by atoms with van der Waals surface area (Å²) in [7, 11) is -2.60. The molecule has 1 fully saturated rings. The molecular formula is C26H38FN6O8P. The summed E-state index contributed by atoms with van der Waals surface area (Å²) in [5.74, 6) is -0.159. The number of hydrogen-bond donors (Lipinski definition) is 3. The average molecular weight is 613 g/mol. The van der Waals surface area contributed by atoms with Crippen molar-refractivity contribution in [1.29, 1.82) is 0 Å². The van der Waals surface area contributed by atoms with E-state index >= 15 is 4.39 Å². The summed E-state index contributed by atoms with van der Waals surface area (Å²) in [6, 6.07) is 7.06. The van der Waals surface area contributed by atoms with Crippen LogP contribution in [0.1, 0.15) is 52.8 Å². The molecule has 2 aliphatic heterocycles. The molecule has 2 aliphatic rings. The first-order valence-corrected chi connectivity index (χ1v) is 15.1. The molecule has 0 amide bonds. The van der Waals surface area contributed by atoms with Gasteiger partial charge in [0.1, 0.15) is 29.7 Å². The van der Waals surface area contributed by atoms with Crippen LogP contribution in [0.5, 0.6) is 5.75 Å². The summed E-state index contributed by atoms with van der Waals surface area (Å²) in [6.07, 6.45) is -4.15. The number of aliphatic imine (C=N–C) groups is 1. The van der Waals surface area contributed by atoms with Crippen LogP contribution in [0.3, 0.4) is 0 Å². The van der Waals surface area contributed by atoms with E-state index in [0.717, 1.165) is 0 Å². The molecule has 0 spiro atoms. The molecule has 4 N–H and O–H groups in total. The lowest BCUT2D eigenvalue weighted by Gasteiger charge is -2.32. The highest BCUT2D eigenvalue weighted by Gasteiger charge is 2.56. The van der Waals surface area contributed by atoms with E-state index < -0.39 is 62.8 Å². The molecule has 16 heteroatoms. The van der Waals surface area contributed by atoms with Crippen LogP contribution >= 0.6 is 7.75 Å². The van der Waals surface area contributed by atoms with Gasteiger partial charge in [0.05, 0.1) is 19.0 Å². The minimum Gasteiger partial charge on any atom is -0.462 e. The molecule has 1 aromatic carbocycles. The Morgan fingerprint density at radius 1 is 1.31 bits per heavy atom. The molecule has 4 unspecified atom stereocenters. The van der Waals surface area contributed by atoms with Gasteiger partial charge in [-0.25, -0.2) is 13.9 Å². The second kappa shape index (κ2) is 12.7. The highest BCUT2D eigenvalue weighted by Crippen LogP contribution is 2.49. The predicted octanol–water partition coefficient (Wildman–Crippen LogP) is 2.93. The number of rotatable bonds is 12. The molecule has 1 aromatic heterocycles. The van der Waals surface area contributed by atoms with Crippen molar-refractivity contribution in [1.82, 2.24) is 19.5 Å². The Hall–Kier alpha value is -3.07. The summed E-state index contributed by atoms with van der Waals surface area (Å²) in [4.78, 5) is 22.7. The van der Waals surface area contributed by atoms with Gasteiger partial charge in [0.15, 0.2) is 29.9 Å². The minimum absolute atomic E-state index is 0.122. The number of esters is 1. The molecule has 2 aromatic rings. The summed E-state index contributed by atoms with van der Waals surface area (Å²) in [5.41, 5.74) is 4.11. The fourth-order valence-corrected chi connectivity index (χ4v) is 6.03. The van der Waals surface area contributed by atoms with Crippen LogP contribution < -0.4 is 15.3 Å². The van der Waals surface area contributed by atoms with Gasteiger partial charge in [0, 0.05) is 13.7 Å². The topological polar surface area (TPSA) is 172 Å². The van der Waals surface area contributed by atoms with E-state index in [1.807, 2.05) is 6.92 Å². The molecule has 232 valence electrons. The first kappa shape index (κ1) is 31.9. The lowest BCUT2D eigenvalue weighted by atomic mass is 9.98. The highest BCUT2D eigenvalue weighted by atomic mass is 31.2. The number of aliphatic hydroxyl groups is 1. The Morgan fingerprint density at radius 2 is 2.00 bits per heavy atom. The molecule has 0 radical (unpaired) electrons. The summed E-state index contributed by atoms with van der Waals surface area (Å²) in [5, 5.41) is 13.5. The molecule has 14 nitrogen and oxygen atoms in total. The number of nitrogens with two attached hydrogens (primary N) is 1. The zero-order valence-corrected chi connectivity index (χ0v) is 25.2. The second-order valence-corrected chi connectivity index (χ2v) is 12.1. The van der Waals surface area contributed by atoms with Gasteiger partial charge < -0.3 is 34.5 Å². The molecule has 4 rings (SSSR count). The van der Waals surface area contributed by atoms with Crippen LogP contribution in [0.4, 0.5) is 10.2 Å². The summed E-state index contributed by atoms with van der Waals surface area (Å²) in [6.45, 7) is 7.57. The van der Waals surface area contributed by atoms with E-state index in [1.54, 1.807) is 56.1 Å². The molecule has 7 atom stereocenters. The highest BCUT2D eigenvalue weighted by molar-refractivity contribution is 7.52. The molecule has 0 bridgehead atoms. The quantitative estimate of drug-likeness (QED) is 0.237. The number of alkyl halides is 1. The number of ether oxygens (including phenoxy) is 3. The predicted molar refractivity (Wildman–Crippen MR) is 150 cm³/mol. The molecule has 1 saturated heterocycles. The lowest BCUT2D eigenvalue weighted by Crippen LogP contribution is -2.42. The third-order valence-corrected chi connectivity index (χ3v) is 8.34. The van der Waals surface area contributed by atoms with Gasteiger partial charge in [-0.15, -0.1) is 0 Å². The van der Waals surface area contributed by atoms with Gasteiger partial charge in [-0.3, -0.25) is 13.9 Å². The number of aliphatic hydroxyl groups excluding tert-OH is 1. The fourth-order valence-electron chi connectivity index (χ4n) is 4.53. The number of halogens is 1. The molecule has 0 aliphatic carbocycles. The zero-order chi connectivity index (χ0) is 30.8. The third kappa shape index (κ3) is 6.61. The maximum absolute atomic E-state index is 16.1. The smallest absolute Gasteiger partial charge is 0.459 e. The van der Waals surface area contributed by atoms with Crippen molar-refractivity contribution in [3.8, 4) is 5.75 Å². The number of para-hydroxylation sites is 1. The van der Waals surface area contributed by atoms with Crippen molar-refractivity contribution < 1.29 is 42.1 Å². The van der Waals surface area contributed by atoms with E-state index in [0.29, 0.717) is 12.3 Å². The van der Waals surface area contributed by atoms with Gasteiger partial charge in [0.2, 0.25) is 0 Å². The van der Waals surface area contributed by atoms with Crippen LogP contribution in [0.25, 0.3) is 0 Å². The largest absolute Gasteiger partial charge is 0.462 e. The van der Waals surface area contributed by atoms with Crippen molar-refractivity contribution in [3.05, 3.63) is 42.4 Å². The van der Waals surface area contributed by atoms with Crippen molar-refractivity contribution in [2.45, 2.75) is 77.1 Å². The number of benzene rings is 1. The van der Waals surface area contributed by atoms with Crippen LogP contribution in [0.2, 0.25) is 0 Å². The van der Waals surface area contributed by atoms with Crippen LogP contribution in [0, 0.1) is 0 Å². The summed E-state index contributed by atoms with van der Waals surface area (Å²) < 4.78 is 59.3. The number of carbonyl (C=O) groups excluding carboxylic acids is 1. The number of guanidine groups is 1. The van der Waals surface area contributed by atoms with Crippen molar-refractivity contribution in [2.24, 2.45) is 10.7 Å². The fraction of sp³-hybridized carbons (Fsp3) is 0.577. The molecular weight excluding hydrogens is 574 g/mol. The Kier molecular flexibility index (Phi) is 9.60. The first-order chi connectivity index (χ1) is 19.8. The van der Waals surface area contributed by atoms with E-state index in [1.165, 1.54) is 24.7 Å². The number of aromatic nitrogens is 2. The van der Waals surface area contributed by atoms with E-state index in [2.05, 4.69) is 15.1 Å². The van der Waals surface area contributed by atoms with E-state index in [4.69, 9.17) is 29.0 Å². The minimum atomic E-state index is -4.29. The zero-order valence-electron chi connectivity index (χ0n) is 24.3. The number of carbonyl (C=O) groups is 1. The Balaban J connectivity index is 1.55. The maximum atomic E-state index is 16.1. The number of hydrogen-bond acceptors (Lipinski definition) is 12. The van der Waals surface area contributed by atoms with Gasteiger partial charge in [-0.2, -0.15) is 10.1 Å². The monoisotopic (exact) mass is 612 g/mol. The first-order valence-electron chi connectivity index (χ1n) is 13.5. The number of nitrogens with zero attached hydrogens (tertiary/aromatic N) is 4. The number of nitrogens with one attached hydrogen (secondary N) is 1. The van der Waals surface area contributed by atoms with Crippen molar-refractivity contribution in [3.63, 3.8) is 0 Å². The average Bonchev–Trinajstić information content (AvgIpc) is 3.42. The van der Waals surface area contributed by atoms with Gasteiger partial charge >= 0.3 is 13.7 Å². The van der Waals surface area contributed by atoms with E-state index in [9.17, 15) is 14.5 Å². The Morgan fingerprint density at radius 3 is 2.64 bits per heavy atom. The maximum Gasteiger partial charge on any atom is 0.459 e. The summed E-state index contributed by atoms with van der Waals surface area (Å²) >= 11 is 0. The number of fused-ring (bicyclic) bond motifs is 1. The molecule has 0 saturated carbocycles. The normalized spacial score (nSPS) is 27.7. The molecule has 42 heavy (non-hydrogen) atoms. The van der Waals surface area contributed by atoms with Gasteiger partial charge in [-0.05, 0) is 46.8 Å². The van der Waals surface area contributed by atoms with E-state index in [-0.39, 0.29) is 17.5 Å². The van der Waals surface area contributed by atoms with Crippen LogP contribution in [-0.4, -0.2) is 81.8 Å². The van der Waals surface area contributed by atoms with Gasteiger partial charge in [-0.1, -0.05) is 18.2 Å². The SMILES string of the molecule is CCOC1c2ncn(C3OC(CO[P@](=O)(NC(C)C(=O)OC(C)C)Oc4ccccc4)[C@@H](O)[C@@]3(C)F)c2N=C(N)N1C. The van der Waals surface area contributed by atoms with Crippen molar-refractivity contribution >= 4 is 25.5 Å². The Labute approximate surface area is 243 Å². The standard InChI is InChI=1S/C26H38FN6O8P/c1-7-37-22-19-21(30-25(28)32(22)6)33(14-29-19)24-26(5,27)20(34)18(40-24)13-38-42(36,41-17-11-9-8-10-12-17)31-16(4)23(35)39-15(2)3/h8-12,14-16,18,20,22,24,34H,7,13H2,1-6H3,(H2,28,30)(H,31,36)/t16?,18?,20-,22?,24?,26-,42-/m1/s1. The number of imidazole rings is 1. The van der Waals surface area contributed by atoms with Crippen LogP contribution in [-0.2, 0) is 28.1 Å². The second-order valence-electron chi connectivity index (χ2n) is 10.4. The Bertz CT molecular complexity index is 1330.